The highest BCUT2D eigenvalue weighted by Gasteiger charge is 2.07. The van der Waals surface area contributed by atoms with Crippen molar-refractivity contribution in [3.05, 3.63) is 69.7 Å². The van der Waals surface area contributed by atoms with Gasteiger partial charge in [0.2, 0.25) is 11.8 Å². The quantitative estimate of drug-likeness (QED) is 0.726. The molecular formula is C19H20Cl2N2O2. The Bertz CT molecular complexity index is 673. The van der Waals surface area contributed by atoms with Crippen molar-refractivity contribution in [1.82, 2.24) is 10.6 Å². The van der Waals surface area contributed by atoms with Crippen LogP contribution in [0.4, 0.5) is 0 Å². The van der Waals surface area contributed by atoms with E-state index in [0.717, 1.165) is 11.1 Å². The second-order valence-corrected chi connectivity index (χ2v) is 6.40. The number of nitrogens with one attached hydrogen (secondary N) is 2. The van der Waals surface area contributed by atoms with Gasteiger partial charge in [0.1, 0.15) is 0 Å². The Morgan fingerprint density at radius 2 is 1.12 bits per heavy atom. The Hall–Kier alpha value is -2.04. The Kier molecular flexibility index (Phi) is 7.76. The molecule has 4 nitrogen and oxygen atoms in total. The summed E-state index contributed by atoms with van der Waals surface area (Å²) in [7, 11) is 0. The SMILES string of the molecule is O=C(CCCC(=O)NCc1ccccc1Cl)NCc1ccccc1Cl. The molecular weight excluding hydrogens is 359 g/mol. The molecule has 0 unspecified atom stereocenters. The molecule has 0 aliphatic carbocycles. The van der Waals surface area contributed by atoms with Crippen LogP contribution in [0, 0.1) is 0 Å². The Balaban J connectivity index is 1.63. The van der Waals surface area contributed by atoms with Crippen molar-refractivity contribution >= 4 is 35.0 Å². The minimum Gasteiger partial charge on any atom is -0.352 e. The van der Waals surface area contributed by atoms with Gasteiger partial charge in [-0.15, -0.1) is 0 Å². The molecule has 0 spiro atoms. The van der Waals surface area contributed by atoms with Crippen LogP contribution >= 0.6 is 23.2 Å². The van der Waals surface area contributed by atoms with Gasteiger partial charge in [0.25, 0.3) is 0 Å². The largest absolute Gasteiger partial charge is 0.352 e. The minimum atomic E-state index is -0.0983. The summed E-state index contributed by atoms with van der Waals surface area (Å²) >= 11 is 12.1. The van der Waals surface area contributed by atoms with Crippen LogP contribution in [0.3, 0.4) is 0 Å². The summed E-state index contributed by atoms with van der Waals surface area (Å²) in [6.07, 6.45) is 1.08. The van der Waals surface area contributed by atoms with Crippen LogP contribution in [-0.2, 0) is 22.7 Å². The van der Waals surface area contributed by atoms with Gasteiger partial charge in [0.15, 0.2) is 0 Å². The fraction of sp³-hybridized carbons (Fsp3) is 0.263. The number of rotatable bonds is 8. The van der Waals surface area contributed by atoms with E-state index in [0.29, 0.717) is 42.4 Å². The van der Waals surface area contributed by atoms with Crippen LogP contribution in [0.15, 0.2) is 48.5 Å². The van der Waals surface area contributed by atoms with Crippen molar-refractivity contribution in [2.24, 2.45) is 0 Å². The predicted molar refractivity (Wildman–Crippen MR) is 100 cm³/mol. The number of benzene rings is 2. The third-order valence-electron chi connectivity index (χ3n) is 3.68. The molecule has 0 saturated heterocycles. The lowest BCUT2D eigenvalue weighted by Crippen LogP contribution is -2.25. The summed E-state index contributed by atoms with van der Waals surface area (Å²) in [6, 6.07) is 14.7. The third-order valence-corrected chi connectivity index (χ3v) is 4.41. The van der Waals surface area contributed by atoms with E-state index in [1.54, 1.807) is 12.1 Å². The summed E-state index contributed by atoms with van der Waals surface area (Å²) < 4.78 is 0. The predicted octanol–water partition coefficient (Wildman–Crippen LogP) is 4.10. The highest BCUT2D eigenvalue weighted by molar-refractivity contribution is 6.31. The first kappa shape index (κ1) is 19.3. The molecule has 25 heavy (non-hydrogen) atoms. The van der Waals surface area contributed by atoms with Crippen molar-refractivity contribution in [3.63, 3.8) is 0 Å². The van der Waals surface area contributed by atoms with Gasteiger partial charge in [0.05, 0.1) is 0 Å². The fourth-order valence-electron chi connectivity index (χ4n) is 2.26. The molecule has 6 heteroatoms. The Morgan fingerprint density at radius 1 is 0.720 bits per heavy atom. The van der Waals surface area contributed by atoms with Crippen LogP contribution in [0.1, 0.15) is 30.4 Å². The van der Waals surface area contributed by atoms with Gasteiger partial charge in [-0.1, -0.05) is 59.6 Å². The molecule has 0 heterocycles. The summed E-state index contributed by atoms with van der Waals surface area (Å²) in [6.45, 7) is 0.772. The molecule has 0 atom stereocenters. The monoisotopic (exact) mass is 378 g/mol. The fourth-order valence-corrected chi connectivity index (χ4v) is 2.66. The summed E-state index contributed by atoms with van der Waals surface area (Å²) in [5, 5.41) is 6.87. The number of amides is 2. The van der Waals surface area contributed by atoms with Crippen LogP contribution in [0.5, 0.6) is 0 Å². The summed E-state index contributed by atoms with van der Waals surface area (Å²) in [5.74, 6) is -0.197. The maximum atomic E-state index is 11.8. The number of hydrogen-bond acceptors (Lipinski definition) is 2. The maximum Gasteiger partial charge on any atom is 0.220 e. The molecule has 0 saturated carbocycles. The van der Waals surface area contributed by atoms with E-state index < -0.39 is 0 Å². The van der Waals surface area contributed by atoms with Crippen molar-refractivity contribution < 1.29 is 9.59 Å². The van der Waals surface area contributed by atoms with Gasteiger partial charge in [-0.25, -0.2) is 0 Å². The van der Waals surface area contributed by atoms with Gasteiger partial charge in [0, 0.05) is 36.0 Å². The average Bonchev–Trinajstić information content (AvgIpc) is 2.60. The standard InChI is InChI=1S/C19H20Cl2N2O2/c20-16-8-3-1-6-14(16)12-22-18(24)10-5-11-19(25)23-13-15-7-2-4-9-17(15)21/h1-4,6-9H,5,10-13H2,(H,22,24)(H,23,25). The zero-order valence-electron chi connectivity index (χ0n) is 13.7. The lowest BCUT2D eigenvalue weighted by molar-refractivity contribution is -0.122. The molecule has 2 aromatic rings. The van der Waals surface area contributed by atoms with Crippen LogP contribution in [0.25, 0.3) is 0 Å². The topological polar surface area (TPSA) is 58.2 Å². The van der Waals surface area contributed by atoms with E-state index in [9.17, 15) is 9.59 Å². The van der Waals surface area contributed by atoms with E-state index in [1.165, 1.54) is 0 Å². The zero-order chi connectivity index (χ0) is 18.1. The molecule has 0 fully saturated rings. The molecule has 0 aliphatic rings. The van der Waals surface area contributed by atoms with Gasteiger partial charge in [-0.05, 0) is 29.7 Å². The normalized spacial score (nSPS) is 10.3. The highest BCUT2D eigenvalue weighted by Crippen LogP contribution is 2.15. The van der Waals surface area contributed by atoms with Crippen LogP contribution in [0.2, 0.25) is 10.0 Å². The number of carbonyl (C=O) groups is 2. The van der Waals surface area contributed by atoms with Gasteiger partial charge < -0.3 is 10.6 Å². The number of halogens is 2. The lowest BCUT2D eigenvalue weighted by Gasteiger charge is -2.08. The molecule has 132 valence electrons. The van der Waals surface area contributed by atoms with Gasteiger partial charge in [-0.2, -0.15) is 0 Å². The van der Waals surface area contributed by atoms with E-state index in [4.69, 9.17) is 23.2 Å². The van der Waals surface area contributed by atoms with E-state index in [2.05, 4.69) is 10.6 Å². The molecule has 0 aliphatic heterocycles. The average molecular weight is 379 g/mol. The second kappa shape index (κ2) is 10.1. The van der Waals surface area contributed by atoms with E-state index in [1.807, 2.05) is 36.4 Å². The van der Waals surface area contributed by atoms with Crippen molar-refractivity contribution in [1.29, 1.82) is 0 Å². The summed E-state index contributed by atoms with van der Waals surface area (Å²) in [4.78, 5) is 23.7. The van der Waals surface area contributed by atoms with Crippen LogP contribution < -0.4 is 10.6 Å². The molecule has 0 bridgehead atoms. The smallest absolute Gasteiger partial charge is 0.220 e. The Morgan fingerprint density at radius 3 is 1.52 bits per heavy atom. The lowest BCUT2D eigenvalue weighted by atomic mass is 10.2. The second-order valence-electron chi connectivity index (χ2n) is 5.59. The number of hydrogen-bond donors (Lipinski definition) is 2. The molecule has 2 amide bonds. The Labute approximate surface area is 157 Å². The molecule has 0 aromatic heterocycles. The summed E-state index contributed by atoms with van der Waals surface area (Å²) in [5.41, 5.74) is 1.74. The first-order valence-corrected chi connectivity index (χ1v) is 8.82. The van der Waals surface area contributed by atoms with E-state index in [-0.39, 0.29) is 11.8 Å². The highest BCUT2D eigenvalue weighted by atomic mass is 35.5. The van der Waals surface area contributed by atoms with Crippen molar-refractivity contribution in [2.75, 3.05) is 0 Å². The van der Waals surface area contributed by atoms with E-state index >= 15 is 0 Å². The number of carbonyl (C=O) groups excluding carboxylic acids is 2. The van der Waals surface area contributed by atoms with Crippen molar-refractivity contribution in [2.45, 2.75) is 32.4 Å². The van der Waals surface area contributed by atoms with Gasteiger partial charge in [-0.3, -0.25) is 9.59 Å². The van der Waals surface area contributed by atoms with Crippen LogP contribution in [-0.4, -0.2) is 11.8 Å². The zero-order valence-corrected chi connectivity index (χ0v) is 15.2. The van der Waals surface area contributed by atoms with Crippen molar-refractivity contribution in [3.8, 4) is 0 Å². The third kappa shape index (κ3) is 6.77. The molecule has 2 rings (SSSR count). The molecule has 2 N–H and O–H groups in total. The maximum absolute atomic E-state index is 11.8. The molecule has 0 radical (unpaired) electrons. The minimum absolute atomic E-state index is 0.0983. The first-order chi connectivity index (χ1) is 12.1. The first-order valence-electron chi connectivity index (χ1n) is 8.06. The van der Waals surface area contributed by atoms with Gasteiger partial charge >= 0.3 is 0 Å². The molecule has 2 aromatic carbocycles.